The van der Waals surface area contributed by atoms with Crippen molar-refractivity contribution in [3.63, 3.8) is 0 Å². The standard InChI is InChI=1S/C54H95NO7/c1-6-8-10-12-14-16-18-20-22-24-25-26-27-29-31-33-35-37-39-41-43-45-53(57)62-50(48-60-47-46-51(54(58)59)55(3,4)5)49-61-52(56)44-42-40-38-36-34-32-30-28-23-21-19-17-15-13-11-9-7-2/h14,16,20-23,25-26,29,31,50-51H,6-13,15,17-19,24,27-28,30,32-49H2,1-5H3/b16-14+,22-20+,23-21+,26-25+,31-29+. The molecule has 8 heteroatoms. The van der Waals surface area contributed by atoms with Crippen molar-refractivity contribution < 1.29 is 38.2 Å². The molecule has 62 heavy (non-hydrogen) atoms. The van der Waals surface area contributed by atoms with E-state index in [0.29, 0.717) is 12.8 Å². The van der Waals surface area contributed by atoms with Gasteiger partial charge in [0.2, 0.25) is 0 Å². The molecule has 0 fully saturated rings. The number of allylic oxidation sites excluding steroid dienone is 10. The molecule has 0 N–H and O–H groups in total. The zero-order valence-corrected chi connectivity index (χ0v) is 40.8. The molecule has 358 valence electrons. The maximum atomic E-state index is 12.8. The van der Waals surface area contributed by atoms with E-state index >= 15 is 0 Å². The van der Waals surface area contributed by atoms with Gasteiger partial charge in [-0.15, -0.1) is 0 Å². The Kier molecular flexibility index (Phi) is 42.5. The minimum atomic E-state index is -1.13. The largest absolute Gasteiger partial charge is 0.544 e. The molecule has 0 bridgehead atoms. The van der Waals surface area contributed by atoms with E-state index in [2.05, 4.69) is 74.6 Å². The molecular weight excluding hydrogens is 775 g/mol. The van der Waals surface area contributed by atoms with Gasteiger partial charge in [-0.25, -0.2) is 0 Å². The highest BCUT2D eigenvalue weighted by Gasteiger charge is 2.25. The van der Waals surface area contributed by atoms with Crippen LogP contribution in [-0.2, 0) is 28.6 Å². The number of rotatable bonds is 45. The third kappa shape index (κ3) is 42.3. The van der Waals surface area contributed by atoms with E-state index < -0.39 is 18.1 Å². The van der Waals surface area contributed by atoms with E-state index in [1.165, 1.54) is 103 Å². The molecule has 0 aliphatic heterocycles. The molecule has 0 radical (unpaired) electrons. The van der Waals surface area contributed by atoms with Crippen molar-refractivity contribution in [3.8, 4) is 0 Å². The zero-order chi connectivity index (χ0) is 45.6. The normalized spacial score (nSPS) is 13.4. The maximum absolute atomic E-state index is 12.8. The number of carboxylic acids is 1. The second kappa shape index (κ2) is 44.6. The van der Waals surface area contributed by atoms with E-state index in [1.54, 1.807) is 21.1 Å². The van der Waals surface area contributed by atoms with E-state index in [9.17, 15) is 19.5 Å². The zero-order valence-electron chi connectivity index (χ0n) is 40.8. The Morgan fingerprint density at radius 2 is 0.855 bits per heavy atom. The minimum absolute atomic E-state index is 0.0301. The number of hydrogen-bond donors (Lipinski definition) is 0. The molecule has 0 heterocycles. The van der Waals surface area contributed by atoms with Crippen molar-refractivity contribution >= 4 is 17.9 Å². The number of quaternary nitrogens is 1. The third-order valence-electron chi connectivity index (χ3n) is 11.1. The lowest BCUT2D eigenvalue weighted by Gasteiger charge is -2.34. The van der Waals surface area contributed by atoms with Gasteiger partial charge in [-0.2, -0.15) is 0 Å². The number of nitrogens with zero attached hydrogens (tertiary/aromatic N) is 1. The van der Waals surface area contributed by atoms with E-state index in [-0.39, 0.29) is 42.7 Å². The van der Waals surface area contributed by atoms with Crippen LogP contribution >= 0.6 is 0 Å². The number of carboxylic acid groups (broad SMARTS) is 1. The molecule has 2 atom stereocenters. The molecule has 0 aromatic rings. The van der Waals surface area contributed by atoms with Crippen LogP contribution in [0.2, 0.25) is 0 Å². The summed E-state index contributed by atoms with van der Waals surface area (Å²) in [6.45, 7) is 4.61. The van der Waals surface area contributed by atoms with Gasteiger partial charge in [0, 0.05) is 19.3 Å². The van der Waals surface area contributed by atoms with Crippen molar-refractivity contribution in [2.45, 2.75) is 225 Å². The monoisotopic (exact) mass is 870 g/mol. The summed E-state index contributed by atoms with van der Waals surface area (Å²) in [6, 6.07) is -0.732. The highest BCUT2D eigenvalue weighted by molar-refractivity contribution is 5.70. The number of unbranched alkanes of at least 4 members (excludes halogenated alkanes) is 21. The number of likely N-dealkylation sites (N-methyl/N-ethyl adjacent to an activating group) is 1. The summed E-state index contributed by atoms with van der Waals surface area (Å²) < 4.78 is 17.2. The van der Waals surface area contributed by atoms with Crippen molar-refractivity contribution in [3.05, 3.63) is 60.8 Å². The molecule has 0 amide bonds. The van der Waals surface area contributed by atoms with Crippen LogP contribution < -0.4 is 5.11 Å². The average molecular weight is 870 g/mol. The summed E-state index contributed by atoms with van der Waals surface area (Å²) in [4.78, 5) is 37.0. The molecule has 0 aliphatic rings. The summed E-state index contributed by atoms with van der Waals surface area (Å²) in [5, 5.41) is 11.7. The van der Waals surface area contributed by atoms with Crippen LogP contribution in [0, 0.1) is 0 Å². The fraction of sp³-hybridized carbons (Fsp3) is 0.759. The van der Waals surface area contributed by atoms with Crippen molar-refractivity contribution in [1.82, 2.24) is 0 Å². The first-order chi connectivity index (χ1) is 30.1. The predicted octanol–water partition coefficient (Wildman–Crippen LogP) is 13.2. The molecular formula is C54H95NO7. The average Bonchev–Trinajstić information content (AvgIpc) is 3.23. The Hall–Kier alpha value is -2.97. The molecule has 0 aliphatic carbocycles. The summed E-state index contributed by atoms with van der Waals surface area (Å²) >= 11 is 0. The Morgan fingerprint density at radius 3 is 1.31 bits per heavy atom. The van der Waals surface area contributed by atoms with Gasteiger partial charge in [0.15, 0.2) is 6.10 Å². The van der Waals surface area contributed by atoms with Crippen LogP contribution in [0.15, 0.2) is 60.8 Å². The molecule has 2 unspecified atom stereocenters. The minimum Gasteiger partial charge on any atom is -0.544 e. The number of carbonyl (C=O) groups is 3. The highest BCUT2D eigenvalue weighted by Crippen LogP contribution is 2.14. The van der Waals surface area contributed by atoms with Gasteiger partial charge in [-0.1, -0.05) is 171 Å². The predicted molar refractivity (Wildman–Crippen MR) is 259 cm³/mol. The number of ether oxygens (including phenoxy) is 3. The van der Waals surface area contributed by atoms with Crippen LogP contribution in [0.3, 0.4) is 0 Å². The van der Waals surface area contributed by atoms with Gasteiger partial charge >= 0.3 is 11.9 Å². The van der Waals surface area contributed by atoms with Crippen LogP contribution in [0.1, 0.15) is 213 Å². The van der Waals surface area contributed by atoms with Gasteiger partial charge in [0.05, 0.1) is 40.3 Å². The van der Waals surface area contributed by atoms with E-state index in [4.69, 9.17) is 14.2 Å². The van der Waals surface area contributed by atoms with Gasteiger partial charge in [-0.05, 0) is 83.5 Å². The van der Waals surface area contributed by atoms with Crippen LogP contribution in [0.25, 0.3) is 0 Å². The van der Waals surface area contributed by atoms with Crippen molar-refractivity contribution in [1.29, 1.82) is 0 Å². The molecule has 0 rings (SSSR count). The third-order valence-corrected chi connectivity index (χ3v) is 11.1. The SMILES string of the molecule is CCCCC/C=C/C/C=C/C/C=C/C/C=C/CCCCCCCC(=O)OC(COCCC(C(=O)[O-])[N+](C)(C)C)COC(=O)CCCCCCCCC/C=C/CCCCCCCC. The summed E-state index contributed by atoms with van der Waals surface area (Å²) in [6.07, 6.45) is 55.3. The fourth-order valence-electron chi connectivity index (χ4n) is 7.17. The first-order valence-corrected chi connectivity index (χ1v) is 25.3. The molecule has 0 saturated heterocycles. The van der Waals surface area contributed by atoms with E-state index in [0.717, 1.165) is 77.0 Å². The first kappa shape index (κ1) is 59.0. The van der Waals surface area contributed by atoms with Crippen LogP contribution in [-0.4, -0.2) is 75.5 Å². The van der Waals surface area contributed by atoms with E-state index in [1.807, 2.05) is 0 Å². The Bertz CT molecular complexity index is 1200. The second-order valence-corrected chi connectivity index (χ2v) is 18.0. The van der Waals surface area contributed by atoms with Gasteiger partial charge in [0.1, 0.15) is 12.6 Å². The van der Waals surface area contributed by atoms with Gasteiger partial charge < -0.3 is 28.6 Å². The number of carbonyl (C=O) groups excluding carboxylic acids is 3. The van der Waals surface area contributed by atoms with Gasteiger partial charge in [0.25, 0.3) is 0 Å². The maximum Gasteiger partial charge on any atom is 0.306 e. The topological polar surface area (TPSA) is 102 Å². The van der Waals surface area contributed by atoms with Crippen molar-refractivity contribution in [2.75, 3.05) is 41.0 Å². The van der Waals surface area contributed by atoms with Crippen molar-refractivity contribution in [2.24, 2.45) is 0 Å². The van der Waals surface area contributed by atoms with Crippen LogP contribution in [0.5, 0.6) is 0 Å². The lowest BCUT2D eigenvalue weighted by Crippen LogP contribution is -2.55. The molecule has 0 saturated carbocycles. The first-order valence-electron chi connectivity index (χ1n) is 25.3. The molecule has 0 aromatic heterocycles. The smallest absolute Gasteiger partial charge is 0.306 e. The highest BCUT2D eigenvalue weighted by atomic mass is 16.6. The second-order valence-electron chi connectivity index (χ2n) is 18.0. The Labute approximate surface area is 381 Å². The molecule has 0 aromatic carbocycles. The summed E-state index contributed by atoms with van der Waals surface area (Å²) in [5.41, 5.74) is 0. The Morgan fingerprint density at radius 1 is 0.484 bits per heavy atom. The summed E-state index contributed by atoms with van der Waals surface area (Å²) in [5.74, 6) is -1.76. The molecule has 8 nitrogen and oxygen atoms in total. The number of esters is 2. The Balaban J connectivity index is 4.32. The summed E-state index contributed by atoms with van der Waals surface area (Å²) in [7, 11) is 5.40. The van der Waals surface area contributed by atoms with Gasteiger partial charge in [-0.3, -0.25) is 9.59 Å². The quantitative estimate of drug-likeness (QED) is 0.0260. The fourth-order valence-corrected chi connectivity index (χ4v) is 7.17. The molecule has 0 spiro atoms. The lowest BCUT2D eigenvalue weighted by atomic mass is 10.1. The number of aliphatic carboxylic acids is 1. The van der Waals surface area contributed by atoms with Crippen LogP contribution in [0.4, 0.5) is 0 Å². The lowest BCUT2D eigenvalue weighted by molar-refractivity contribution is -0.889. The number of hydrogen-bond acceptors (Lipinski definition) is 7.